The molecule has 0 amide bonds. The zero-order valence-electron chi connectivity index (χ0n) is 17.5. The van der Waals surface area contributed by atoms with Gasteiger partial charge in [0.2, 0.25) is 0 Å². The third-order valence-corrected chi connectivity index (χ3v) is 7.23. The van der Waals surface area contributed by atoms with Crippen molar-refractivity contribution in [2.75, 3.05) is 24.6 Å². The van der Waals surface area contributed by atoms with Gasteiger partial charge in [-0.25, -0.2) is 9.97 Å². The minimum atomic E-state index is -0.0419. The summed E-state index contributed by atoms with van der Waals surface area (Å²) in [7, 11) is 0. The Hall–Kier alpha value is -1.69. The predicted molar refractivity (Wildman–Crippen MR) is 114 cm³/mol. The number of esters is 1. The number of carbonyl (C=O) groups excluding carboxylic acids is 1. The lowest BCUT2D eigenvalue weighted by atomic mass is 9.89. The average Bonchev–Trinajstić information content (AvgIpc) is 3.04. The van der Waals surface area contributed by atoms with Gasteiger partial charge in [-0.15, -0.1) is 11.3 Å². The number of rotatable bonds is 4. The Kier molecular flexibility index (Phi) is 5.59. The van der Waals surface area contributed by atoms with E-state index in [0.717, 1.165) is 61.2 Å². The molecular formula is C22H31N3O2S. The lowest BCUT2D eigenvalue weighted by Crippen LogP contribution is -2.37. The fourth-order valence-electron chi connectivity index (χ4n) is 4.41. The molecule has 1 aliphatic heterocycles. The van der Waals surface area contributed by atoms with Gasteiger partial charge in [-0.3, -0.25) is 4.79 Å². The van der Waals surface area contributed by atoms with E-state index in [1.807, 2.05) is 18.3 Å². The average molecular weight is 402 g/mol. The Balaban J connectivity index is 1.69. The summed E-state index contributed by atoms with van der Waals surface area (Å²) in [6.45, 7) is 10.7. The Morgan fingerprint density at radius 2 is 2.00 bits per heavy atom. The number of ether oxygens (including phenoxy) is 1. The van der Waals surface area contributed by atoms with Gasteiger partial charge in [0, 0.05) is 23.9 Å². The first-order valence-electron chi connectivity index (χ1n) is 10.7. The van der Waals surface area contributed by atoms with Gasteiger partial charge in [-0.2, -0.15) is 0 Å². The van der Waals surface area contributed by atoms with E-state index in [2.05, 4.69) is 25.7 Å². The zero-order chi connectivity index (χ0) is 19.8. The number of anilines is 1. The second kappa shape index (κ2) is 7.97. The molecule has 2 aliphatic rings. The second-order valence-electron chi connectivity index (χ2n) is 8.61. The SMILES string of the molecule is CCOC(=O)C1CCN(c2nc(C(C)C)nc3sc4c(c23)CCC(C)C4)CC1. The molecule has 0 aromatic carbocycles. The third-order valence-electron chi connectivity index (χ3n) is 6.08. The van der Waals surface area contributed by atoms with Gasteiger partial charge in [0.1, 0.15) is 16.5 Å². The molecular weight excluding hydrogens is 370 g/mol. The number of aryl methyl sites for hydroxylation is 1. The fourth-order valence-corrected chi connectivity index (χ4v) is 5.80. The van der Waals surface area contributed by atoms with Gasteiger partial charge in [-0.05, 0) is 50.5 Å². The van der Waals surface area contributed by atoms with E-state index in [9.17, 15) is 4.79 Å². The number of aromatic nitrogens is 2. The van der Waals surface area contributed by atoms with E-state index in [0.29, 0.717) is 12.5 Å². The van der Waals surface area contributed by atoms with Crippen molar-refractivity contribution in [2.24, 2.45) is 11.8 Å². The maximum Gasteiger partial charge on any atom is 0.309 e. The van der Waals surface area contributed by atoms with Crippen molar-refractivity contribution in [3.05, 3.63) is 16.3 Å². The molecule has 2 aromatic rings. The molecule has 1 atom stereocenters. The highest BCUT2D eigenvalue weighted by Crippen LogP contribution is 2.42. The fraction of sp³-hybridized carbons (Fsp3) is 0.682. The first-order valence-corrected chi connectivity index (χ1v) is 11.5. The number of piperidine rings is 1. The van der Waals surface area contributed by atoms with E-state index in [1.54, 1.807) is 0 Å². The van der Waals surface area contributed by atoms with Gasteiger partial charge in [0.05, 0.1) is 17.9 Å². The molecule has 3 heterocycles. The molecule has 1 fully saturated rings. The van der Waals surface area contributed by atoms with Gasteiger partial charge >= 0.3 is 5.97 Å². The van der Waals surface area contributed by atoms with Crippen molar-refractivity contribution in [1.82, 2.24) is 9.97 Å². The van der Waals surface area contributed by atoms with Gasteiger partial charge in [0.15, 0.2) is 0 Å². The van der Waals surface area contributed by atoms with Gasteiger partial charge in [0.25, 0.3) is 0 Å². The van der Waals surface area contributed by atoms with Gasteiger partial charge < -0.3 is 9.64 Å². The van der Waals surface area contributed by atoms with Crippen molar-refractivity contribution in [3.8, 4) is 0 Å². The van der Waals surface area contributed by atoms with Crippen molar-refractivity contribution in [2.45, 2.75) is 65.7 Å². The molecule has 2 aromatic heterocycles. The molecule has 0 bridgehead atoms. The van der Waals surface area contributed by atoms with Crippen LogP contribution in [0.5, 0.6) is 0 Å². The van der Waals surface area contributed by atoms with E-state index < -0.39 is 0 Å². The third kappa shape index (κ3) is 3.63. The highest BCUT2D eigenvalue weighted by atomic mass is 32.1. The van der Waals surface area contributed by atoms with Crippen molar-refractivity contribution in [1.29, 1.82) is 0 Å². The van der Waals surface area contributed by atoms with Crippen LogP contribution in [0.4, 0.5) is 5.82 Å². The molecule has 1 unspecified atom stereocenters. The first kappa shape index (κ1) is 19.6. The molecule has 28 heavy (non-hydrogen) atoms. The Bertz CT molecular complexity index is 868. The van der Waals surface area contributed by atoms with E-state index in [1.165, 1.54) is 22.2 Å². The first-order chi connectivity index (χ1) is 13.5. The van der Waals surface area contributed by atoms with Crippen molar-refractivity contribution in [3.63, 3.8) is 0 Å². The van der Waals surface area contributed by atoms with Crippen LogP contribution in [0.1, 0.15) is 69.1 Å². The quantitative estimate of drug-likeness (QED) is 0.694. The summed E-state index contributed by atoms with van der Waals surface area (Å²) in [4.78, 5) is 27.1. The summed E-state index contributed by atoms with van der Waals surface area (Å²) in [6.07, 6.45) is 5.22. The van der Waals surface area contributed by atoms with Crippen LogP contribution in [-0.4, -0.2) is 35.6 Å². The maximum atomic E-state index is 12.1. The number of hydrogen-bond donors (Lipinski definition) is 0. The van der Waals surface area contributed by atoms with Crippen molar-refractivity contribution >= 4 is 33.3 Å². The second-order valence-corrected chi connectivity index (χ2v) is 9.69. The summed E-state index contributed by atoms with van der Waals surface area (Å²) < 4.78 is 5.23. The normalized spacial score (nSPS) is 20.6. The van der Waals surface area contributed by atoms with Crippen LogP contribution < -0.4 is 4.90 Å². The van der Waals surface area contributed by atoms with Crippen LogP contribution >= 0.6 is 11.3 Å². The largest absolute Gasteiger partial charge is 0.466 e. The molecule has 0 radical (unpaired) electrons. The van der Waals surface area contributed by atoms with Crippen LogP contribution in [0.2, 0.25) is 0 Å². The number of carbonyl (C=O) groups is 1. The molecule has 0 N–H and O–H groups in total. The molecule has 5 nitrogen and oxygen atoms in total. The zero-order valence-corrected chi connectivity index (χ0v) is 18.3. The molecule has 0 spiro atoms. The summed E-state index contributed by atoms with van der Waals surface area (Å²) in [5.74, 6) is 3.07. The monoisotopic (exact) mass is 401 g/mol. The lowest BCUT2D eigenvalue weighted by molar-refractivity contribution is -0.148. The molecule has 152 valence electrons. The molecule has 6 heteroatoms. The smallest absolute Gasteiger partial charge is 0.309 e. The number of nitrogens with zero attached hydrogens (tertiary/aromatic N) is 3. The minimum absolute atomic E-state index is 0.0235. The molecule has 4 rings (SSSR count). The summed E-state index contributed by atoms with van der Waals surface area (Å²) in [5.41, 5.74) is 1.48. The maximum absolute atomic E-state index is 12.1. The van der Waals surface area contributed by atoms with Crippen LogP contribution in [0.15, 0.2) is 0 Å². The minimum Gasteiger partial charge on any atom is -0.466 e. The van der Waals surface area contributed by atoms with Crippen LogP contribution in [-0.2, 0) is 22.4 Å². The predicted octanol–water partition coefficient (Wildman–Crippen LogP) is 4.72. The Labute approximate surface area is 171 Å². The topological polar surface area (TPSA) is 55.3 Å². The Morgan fingerprint density at radius 1 is 1.25 bits per heavy atom. The standard InChI is InChI=1S/C22H31N3O2S/c1-5-27-22(26)15-8-10-25(11-9-15)20-18-16-7-6-14(4)12-17(16)28-21(18)24-19(23-20)13(2)3/h13-15H,5-12H2,1-4H3. The highest BCUT2D eigenvalue weighted by Gasteiger charge is 2.30. The lowest BCUT2D eigenvalue weighted by Gasteiger charge is -2.32. The van der Waals surface area contributed by atoms with Crippen LogP contribution in [0, 0.1) is 11.8 Å². The van der Waals surface area contributed by atoms with Gasteiger partial charge in [-0.1, -0.05) is 20.8 Å². The molecule has 1 saturated heterocycles. The summed E-state index contributed by atoms with van der Waals surface area (Å²) in [5, 5.41) is 1.28. The van der Waals surface area contributed by atoms with Crippen LogP contribution in [0.3, 0.4) is 0 Å². The number of fused-ring (bicyclic) bond motifs is 3. The number of thiophene rings is 1. The molecule has 0 saturated carbocycles. The summed E-state index contributed by atoms with van der Waals surface area (Å²) in [6, 6.07) is 0. The Morgan fingerprint density at radius 3 is 2.68 bits per heavy atom. The van der Waals surface area contributed by atoms with E-state index in [4.69, 9.17) is 14.7 Å². The number of hydrogen-bond acceptors (Lipinski definition) is 6. The molecule has 1 aliphatic carbocycles. The summed E-state index contributed by atoms with van der Waals surface area (Å²) >= 11 is 1.87. The van der Waals surface area contributed by atoms with Crippen LogP contribution in [0.25, 0.3) is 10.2 Å². The van der Waals surface area contributed by atoms with E-state index >= 15 is 0 Å². The van der Waals surface area contributed by atoms with E-state index in [-0.39, 0.29) is 11.9 Å². The van der Waals surface area contributed by atoms with Crippen molar-refractivity contribution < 1.29 is 9.53 Å². The highest BCUT2D eigenvalue weighted by molar-refractivity contribution is 7.19.